The second kappa shape index (κ2) is 6.41. The number of thiophene rings is 1. The van der Waals surface area contributed by atoms with Crippen molar-refractivity contribution >= 4 is 23.1 Å². The summed E-state index contributed by atoms with van der Waals surface area (Å²) in [5.74, 6) is -0.759. The Morgan fingerprint density at radius 3 is 2.82 bits per heavy atom. The van der Waals surface area contributed by atoms with E-state index in [9.17, 15) is 9.90 Å². The van der Waals surface area contributed by atoms with Gasteiger partial charge in [0.25, 0.3) is 0 Å². The van der Waals surface area contributed by atoms with Crippen LogP contribution in [0, 0.1) is 0 Å². The number of carbonyl (C=O) groups is 1. The molecule has 0 saturated carbocycles. The minimum Gasteiger partial charge on any atom is -0.476 e. The van der Waals surface area contributed by atoms with Crippen LogP contribution in [0.1, 0.15) is 28.2 Å². The molecular weight excluding hydrogens is 302 g/mol. The number of hydrogen-bond donors (Lipinski definition) is 2. The van der Waals surface area contributed by atoms with Crippen LogP contribution in [-0.4, -0.2) is 40.8 Å². The van der Waals surface area contributed by atoms with E-state index in [0.717, 1.165) is 12.8 Å². The van der Waals surface area contributed by atoms with Gasteiger partial charge in [-0.15, -0.1) is 11.3 Å². The van der Waals surface area contributed by atoms with E-state index in [-0.39, 0.29) is 11.1 Å². The van der Waals surface area contributed by atoms with Gasteiger partial charge in [0.2, 0.25) is 0 Å². The van der Waals surface area contributed by atoms with E-state index < -0.39 is 5.97 Å². The Labute approximate surface area is 132 Å². The normalized spacial score (nSPS) is 17.1. The van der Waals surface area contributed by atoms with Gasteiger partial charge in [-0.25, -0.2) is 14.8 Å². The van der Waals surface area contributed by atoms with Crippen LogP contribution in [0.3, 0.4) is 0 Å². The highest BCUT2D eigenvalue weighted by Crippen LogP contribution is 2.37. The third-order valence-electron chi connectivity index (χ3n) is 3.99. The Hall–Kier alpha value is -1.99. The van der Waals surface area contributed by atoms with E-state index in [2.05, 4.69) is 26.7 Å². The van der Waals surface area contributed by atoms with Crippen molar-refractivity contribution < 1.29 is 14.6 Å². The van der Waals surface area contributed by atoms with Crippen molar-refractivity contribution in [1.29, 1.82) is 0 Å². The molecule has 6 nitrogen and oxygen atoms in total. The first-order valence-corrected chi connectivity index (χ1v) is 7.99. The molecule has 7 heteroatoms. The van der Waals surface area contributed by atoms with E-state index in [1.54, 1.807) is 11.3 Å². The second-order valence-electron chi connectivity index (χ2n) is 5.28. The zero-order valence-corrected chi connectivity index (χ0v) is 12.8. The van der Waals surface area contributed by atoms with Crippen molar-refractivity contribution in [2.75, 3.05) is 25.1 Å². The van der Waals surface area contributed by atoms with E-state index in [1.165, 1.54) is 17.3 Å². The highest BCUT2D eigenvalue weighted by molar-refractivity contribution is 7.10. The molecule has 2 N–H and O–H groups in total. The predicted molar refractivity (Wildman–Crippen MR) is 83.5 cm³/mol. The molecule has 22 heavy (non-hydrogen) atoms. The van der Waals surface area contributed by atoms with Gasteiger partial charge < -0.3 is 15.2 Å². The SMILES string of the molecule is O=C(O)c1nccnc1NCC1(c2cccs2)CCOCC1. The van der Waals surface area contributed by atoms with Gasteiger partial charge in [-0.05, 0) is 24.3 Å². The Morgan fingerprint density at radius 1 is 1.36 bits per heavy atom. The van der Waals surface area contributed by atoms with Crippen LogP contribution in [0.15, 0.2) is 29.9 Å². The van der Waals surface area contributed by atoms with Gasteiger partial charge in [-0.1, -0.05) is 6.07 Å². The number of aromatic nitrogens is 2. The molecule has 116 valence electrons. The molecule has 0 bridgehead atoms. The molecule has 0 spiro atoms. The zero-order chi connectivity index (χ0) is 15.4. The first kappa shape index (κ1) is 14.9. The molecule has 3 heterocycles. The summed E-state index contributed by atoms with van der Waals surface area (Å²) in [6, 6.07) is 4.18. The average molecular weight is 319 g/mol. The fourth-order valence-electron chi connectivity index (χ4n) is 2.73. The third-order valence-corrected chi connectivity index (χ3v) is 5.11. The number of nitrogens with zero attached hydrogens (tertiary/aromatic N) is 2. The molecule has 3 rings (SSSR count). The summed E-state index contributed by atoms with van der Waals surface area (Å²) >= 11 is 1.73. The number of ether oxygens (including phenoxy) is 1. The topological polar surface area (TPSA) is 84.3 Å². The highest BCUT2D eigenvalue weighted by atomic mass is 32.1. The molecule has 0 atom stereocenters. The molecular formula is C15H17N3O3S. The quantitative estimate of drug-likeness (QED) is 0.880. The summed E-state index contributed by atoms with van der Waals surface area (Å²) in [4.78, 5) is 20.5. The number of nitrogens with one attached hydrogen (secondary N) is 1. The Balaban J connectivity index is 1.82. The van der Waals surface area contributed by atoms with Crippen LogP contribution < -0.4 is 5.32 Å². The average Bonchev–Trinajstić information content (AvgIpc) is 3.09. The van der Waals surface area contributed by atoms with Crippen molar-refractivity contribution in [3.05, 3.63) is 40.5 Å². The first-order chi connectivity index (χ1) is 10.7. The molecule has 0 unspecified atom stereocenters. The largest absolute Gasteiger partial charge is 0.476 e. The van der Waals surface area contributed by atoms with Crippen LogP contribution in [-0.2, 0) is 10.2 Å². The molecule has 1 fully saturated rings. The van der Waals surface area contributed by atoms with Gasteiger partial charge >= 0.3 is 5.97 Å². The van der Waals surface area contributed by atoms with Gasteiger partial charge in [-0.3, -0.25) is 0 Å². The van der Waals surface area contributed by atoms with Gasteiger partial charge in [-0.2, -0.15) is 0 Å². The van der Waals surface area contributed by atoms with Crippen LogP contribution >= 0.6 is 11.3 Å². The molecule has 0 aliphatic carbocycles. The number of hydrogen-bond acceptors (Lipinski definition) is 6. The molecule has 2 aromatic heterocycles. The van der Waals surface area contributed by atoms with Gasteiger partial charge in [0.05, 0.1) is 0 Å². The Kier molecular flexibility index (Phi) is 4.35. The summed E-state index contributed by atoms with van der Waals surface area (Å²) in [6.45, 7) is 2.05. The first-order valence-electron chi connectivity index (χ1n) is 7.11. The van der Waals surface area contributed by atoms with Gasteiger partial charge in [0.1, 0.15) is 0 Å². The van der Waals surface area contributed by atoms with Crippen molar-refractivity contribution in [2.24, 2.45) is 0 Å². The molecule has 0 radical (unpaired) electrons. The van der Waals surface area contributed by atoms with E-state index in [4.69, 9.17) is 4.74 Å². The van der Waals surface area contributed by atoms with Crippen molar-refractivity contribution in [2.45, 2.75) is 18.3 Å². The minimum atomic E-state index is -1.08. The molecule has 0 amide bonds. The number of carboxylic acid groups (broad SMARTS) is 1. The summed E-state index contributed by atoms with van der Waals surface area (Å²) < 4.78 is 5.49. The lowest BCUT2D eigenvalue weighted by atomic mass is 9.78. The maximum absolute atomic E-state index is 11.2. The van der Waals surface area contributed by atoms with Crippen LogP contribution in [0.25, 0.3) is 0 Å². The number of anilines is 1. The standard InChI is InChI=1S/C15H17N3O3S/c19-14(20)12-13(17-6-5-16-12)18-10-15(3-7-21-8-4-15)11-2-1-9-22-11/h1-2,5-6,9H,3-4,7-8,10H2,(H,17,18)(H,19,20). The Bertz CT molecular complexity index is 639. The fraction of sp³-hybridized carbons (Fsp3) is 0.400. The smallest absolute Gasteiger partial charge is 0.358 e. The van der Waals surface area contributed by atoms with Crippen LogP contribution in [0.2, 0.25) is 0 Å². The molecule has 1 aliphatic heterocycles. The van der Waals surface area contributed by atoms with E-state index in [0.29, 0.717) is 25.6 Å². The van der Waals surface area contributed by atoms with Crippen molar-refractivity contribution in [1.82, 2.24) is 9.97 Å². The summed E-state index contributed by atoms with van der Waals surface area (Å²) in [5.41, 5.74) is -0.0874. The van der Waals surface area contributed by atoms with E-state index >= 15 is 0 Å². The van der Waals surface area contributed by atoms with E-state index in [1.807, 2.05) is 6.07 Å². The zero-order valence-electron chi connectivity index (χ0n) is 12.0. The maximum atomic E-state index is 11.2. The summed E-state index contributed by atoms with van der Waals surface area (Å²) in [6.07, 6.45) is 4.70. The lowest BCUT2D eigenvalue weighted by Gasteiger charge is -2.36. The number of aromatic carboxylic acids is 1. The minimum absolute atomic E-state index is 0.0420. The van der Waals surface area contributed by atoms with Crippen molar-refractivity contribution in [3.8, 4) is 0 Å². The van der Waals surface area contributed by atoms with Crippen LogP contribution in [0.4, 0.5) is 5.82 Å². The third kappa shape index (κ3) is 2.95. The number of carboxylic acids is 1. The monoisotopic (exact) mass is 319 g/mol. The lowest BCUT2D eigenvalue weighted by molar-refractivity contribution is 0.0554. The highest BCUT2D eigenvalue weighted by Gasteiger charge is 2.35. The van der Waals surface area contributed by atoms with Gasteiger partial charge in [0.15, 0.2) is 11.5 Å². The van der Waals surface area contributed by atoms with Crippen LogP contribution in [0.5, 0.6) is 0 Å². The lowest BCUT2D eigenvalue weighted by Crippen LogP contribution is -2.39. The van der Waals surface area contributed by atoms with Gasteiger partial charge in [0, 0.05) is 42.4 Å². The number of rotatable bonds is 5. The summed E-state index contributed by atoms with van der Waals surface area (Å²) in [7, 11) is 0. The summed E-state index contributed by atoms with van der Waals surface area (Å²) in [5, 5.41) is 14.4. The molecule has 0 aromatic carbocycles. The molecule has 2 aromatic rings. The Morgan fingerprint density at radius 2 is 2.14 bits per heavy atom. The second-order valence-corrected chi connectivity index (χ2v) is 6.23. The molecule has 1 aliphatic rings. The molecule has 1 saturated heterocycles. The predicted octanol–water partition coefficient (Wildman–Crippen LogP) is 2.40. The van der Waals surface area contributed by atoms with Crippen molar-refractivity contribution in [3.63, 3.8) is 0 Å². The fourth-order valence-corrected chi connectivity index (χ4v) is 3.72. The maximum Gasteiger partial charge on any atom is 0.358 e.